The van der Waals surface area contributed by atoms with Gasteiger partial charge in [-0.15, -0.1) is 11.8 Å². The zero-order valence-corrected chi connectivity index (χ0v) is 18.8. The minimum absolute atomic E-state index is 0.0358. The number of carbonyl (C=O) groups is 1. The number of hydrogen-bond acceptors (Lipinski definition) is 4. The molecule has 6 heteroatoms. The molecule has 0 bridgehead atoms. The zero-order chi connectivity index (χ0) is 21.5. The fourth-order valence-electron chi connectivity index (χ4n) is 3.98. The monoisotopic (exact) mass is 429 g/mol. The maximum absolute atomic E-state index is 13.8. The number of nitrogens with one attached hydrogen (secondary N) is 2. The van der Waals surface area contributed by atoms with Crippen LogP contribution in [0, 0.1) is 5.82 Å². The third kappa shape index (κ3) is 6.06. The SMILES string of the molecule is CSc1ccc(CN[C@@H]2C[C@@H](C(=O)NCCc3ccccc3F)N(C(C)C)C2)cc1. The first kappa shape index (κ1) is 22.8. The van der Waals surface area contributed by atoms with Crippen molar-refractivity contribution in [2.75, 3.05) is 19.3 Å². The Bertz CT molecular complexity index is 827. The minimum Gasteiger partial charge on any atom is -0.354 e. The van der Waals surface area contributed by atoms with Crippen molar-refractivity contribution in [3.8, 4) is 0 Å². The first-order valence-electron chi connectivity index (χ1n) is 10.6. The van der Waals surface area contributed by atoms with Crippen molar-refractivity contribution >= 4 is 17.7 Å². The van der Waals surface area contributed by atoms with E-state index in [4.69, 9.17) is 0 Å². The number of thioether (sulfide) groups is 1. The van der Waals surface area contributed by atoms with Gasteiger partial charge in [0, 0.05) is 36.6 Å². The Morgan fingerprint density at radius 3 is 2.60 bits per heavy atom. The number of amides is 1. The maximum atomic E-state index is 13.8. The van der Waals surface area contributed by atoms with Gasteiger partial charge in [0.2, 0.25) is 5.91 Å². The minimum atomic E-state index is -0.216. The summed E-state index contributed by atoms with van der Waals surface area (Å²) in [6.45, 7) is 6.35. The van der Waals surface area contributed by atoms with Gasteiger partial charge in [-0.05, 0) is 62.3 Å². The Kier molecular flexibility index (Phi) is 8.31. The second kappa shape index (κ2) is 10.9. The van der Waals surface area contributed by atoms with Gasteiger partial charge in [-0.3, -0.25) is 9.69 Å². The molecule has 1 aliphatic heterocycles. The lowest BCUT2D eigenvalue weighted by molar-refractivity contribution is -0.126. The molecule has 2 aromatic rings. The second-order valence-corrected chi connectivity index (χ2v) is 8.98. The molecular formula is C24H32FN3OS. The maximum Gasteiger partial charge on any atom is 0.237 e. The Labute approximate surface area is 183 Å². The molecule has 1 aliphatic rings. The quantitative estimate of drug-likeness (QED) is 0.595. The highest BCUT2D eigenvalue weighted by atomic mass is 32.2. The van der Waals surface area contributed by atoms with Crippen LogP contribution in [0.5, 0.6) is 0 Å². The molecule has 0 aliphatic carbocycles. The summed E-state index contributed by atoms with van der Waals surface area (Å²) in [6.07, 6.45) is 3.36. The molecule has 2 N–H and O–H groups in total. The van der Waals surface area contributed by atoms with Crippen molar-refractivity contribution < 1.29 is 9.18 Å². The third-order valence-electron chi connectivity index (χ3n) is 5.71. The molecule has 30 heavy (non-hydrogen) atoms. The number of hydrogen-bond donors (Lipinski definition) is 2. The van der Waals surface area contributed by atoms with Crippen LogP contribution in [-0.4, -0.2) is 48.3 Å². The van der Waals surface area contributed by atoms with Crippen LogP contribution in [0.4, 0.5) is 4.39 Å². The van der Waals surface area contributed by atoms with Crippen LogP contribution in [0.25, 0.3) is 0 Å². The van der Waals surface area contributed by atoms with Gasteiger partial charge < -0.3 is 10.6 Å². The molecular weight excluding hydrogens is 397 g/mol. The second-order valence-electron chi connectivity index (χ2n) is 8.10. The predicted octanol–water partition coefficient (Wildman–Crippen LogP) is 3.85. The number of carbonyl (C=O) groups excluding carboxylic acids is 1. The van der Waals surface area contributed by atoms with Crippen molar-refractivity contribution in [3.05, 3.63) is 65.5 Å². The van der Waals surface area contributed by atoms with E-state index in [1.807, 2.05) is 6.07 Å². The van der Waals surface area contributed by atoms with E-state index in [1.54, 1.807) is 23.9 Å². The highest BCUT2D eigenvalue weighted by Crippen LogP contribution is 2.22. The third-order valence-corrected chi connectivity index (χ3v) is 6.45. The Morgan fingerprint density at radius 1 is 1.20 bits per heavy atom. The van der Waals surface area contributed by atoms with E-state index in [2.05, 4.69) is 59.9 Å². The van der Waals surface area contributed by atoms with Gasteiger partial charge in [0.1, 0.15) is 5.82 Å². The smallest absolute Gasteiger partial charge is 0.237 e. The summed E-state index contributed by atoms with van der Waals surface area (Å²) in [5.74, 6) is -0.181. The Balaban J connectivity index is 1.51. The Hall–Kier alpha value is -1.89. The van der Waals surface area contributed by atoms with Crippen molar-refractivity contribution in [1.29, 1.82) is 0 Å². The number of likely N-dealkylation sites (tertiary alicyclic amines) is 1. The van der Waals surface area contributed by atoms with Crippen molar-refractivity contribution in [2.45, 2.75) is 56.3 Å². The van der Waals surface area contributed by atoms with Crippen LogP contribution in [0.1, 0.15) is 31.4 Å². The van der Waals surface area contributed by atoms with Crippen LogP contribution in [0.3, 0.4) is 0 Å². The predicted molar refractivity (Wildman–Crippen MR) is 122 cm³/mol. The summed E-state index contributed by atoms with van der Waals surface area (Å²) in [5, 5.41) is 6.63. The first-order valence-corrected chi connectivity index (χ1v) is 11.8. The fourth-order valence-corrected chi connectivity index (χ4v) is 4.39. The average molecular weight is 430 g/mol. The van der Waals surface area contributed by atoms with Crippen molar-refractivity contribution in [1.82, 2.24) is 15.5 Å². The molecule has 3 rings (SSSR count). The van der Waals surface area contributed by atoms with Crippen LogP contribution in [0.2, 0.25) is 0 Å². The first-order chi connectivity index (χ1) is 14.5. The van der Waals surface area contributed by atoms with Crippen molar-refractivity contribution in [2.24, 2.45) is 0 Å². The summed E-state index contributed by atoms with van der Waals surface area (Å²) >= 11 is 1.74. The normalized spacial score (nSPS) is 19.4. The highest BCUT2D eigenvalue weighted by molar-refractivity contribution is 7.98. The molecule has 1 saturated heterocycles. The molecule has 0 aromatic heterocycles. The molecule has 1 amide bonds. The summed E-state index contributed by atoms with van der Waals surface area (Å²) in [4.78, 5) is 16.4. The van der Waals surface area contributed by atoms with Gasteiger partial charge in [-0.25, -0.2) is 4.39 Å². The van der Waals surface area contributed by atoms with Crippen molar-refractivity contribution in [3.63, 3.8) is 0 Å². The van der Waals surface area contributed by atoms with Gasteiger partial charge in [0.05, 0.1) is 6.04 Å². The van der Waals surface area contributed by atoms with Gasteiger partial charge >= 0.3 is 0 Å². The van der Waals surface area contributed by atoms with E-state index in [1.165, 1.54) is 16.5 Å². The standard InChI is InChI=1S/C24H32FN3OS/c1-17(2)28-16-20(27-15-18-8-10-21(30-3)11-9-18)14-23(28)24(29)26-13-12-19-6-4-5-7-22(19)25/h4-11,17,20,23,27H,12-16H2,1-3H3,(H,26,29)/t20-,23+/m1/s1. The molecule has 0 radical (unpaired) electrons. The topological polar surface area (TPSA) is 44.4 Å². The molecule has 2 atom stereocenters. The van der Waals surface area contributed by atoms with E-state index >= 15 is 0 Å². The van der Waals surface area contributed by atoms with Crippen LogP contribution in [-0.2, 0) is 17.8 Å². The summed E-state index contributed by atoms with van der Waals surface area (Å²) < 4.78 is 13.8. The summed E-state index contributed by atoms with van der Waals surface area (Å²) in [6, 6.07) is 15.7. The lowest BCUT2D eigenvalue weighted by Gasteiger charge is -2.27. The van der Waals surface area contributed by atoms with Crippen LogP contribution < -0.4 is 10.6 Å². The largest absolute Gasteiger partial charge is 0.354 e. The molecule has 2 aromatic carbocycles. The number of benzene rings is 2. The molecule has 162 valence electrons. The molecule has 4 nitrogen and oxygen atoms in total. The summed E-state index contributed by atoms with van der Waals surface area (Å²) in [5.41, 5.74) is 1.89. The number of halogens is 1. The summed E-state index contributed by atoms with van der Waals surface area (Å²) in [7, 11) is 0. The molecule has 0 saturated carbocycles. The average Bonchev–Trinajstić information content (AvgIpc) is 3.19. The Morgan fingerprint density at radius 2 is 1.93 bits per heavy atom. The van der Waals surface area contributed by atoms with E-state index in [-0.39, 0.29) is 23.8 Å². The zero-order valence-electron chi connectivity index (χ0n) is 18.0. The molecule has 0 spiro atoms. The lowest BCUT2D eigenvalue weighted by atomic mass is 10.1. The van der Waals surface area contributed by atoms with Gasteiger partial charge in [-0.1, -0.05) is 30.3 Å². The van der Waals surface area contributed by atoms with Gasteiger partial charge in [0.15, 0.2) is 0 Å². The number of nitrogens with zero attached hydrogens (tertiary/aromatic N) is 1. The van der Waals surface area contributed by atoms with E-state index < -0.39 is 0 Å². The van der Waals surface area contributed by atoms with E-state index in [0.717, 1.165) is 19.5 Å². The van der Waals surface area contributed by atoms with Gasteiger partial charge in [-0.2, -0.15) is 0 Å². The number of rotatable bonds is 9. The highest BCUT2D eigenvalue weighted by Gasteiger charge is 2.37. The van der Waals surface area contributed by atoms with E-state index in [0.29, 0.717) is 24.6 Å². The molecule has 1 fully saturated rings. The van der Waals surface area contributed by atoms with E-state index in [9.17, 15) is 9.18 Å². The fraction of sp³-hybridized carbons (Fsp3) is 0.458. The van der Waals surface area contributed by atoms with Crippen LogP contribution in [0.15, 0.2) is 53.4 Å². The van der Waals surface area contributed by atoms with Crippen LogP contribution >= 0.6 is 11.8 Å². The molecule has 1 heterocycles. The molecule has 0 unspecified atom stereocenters. The van der Waals surface area contributed by atoms with Gasteiger partial charge in [0.25, 0.3) is 0 Å². The lowest BCUT2D eigenvalue weighted by Crippen LogP contribution is -2.46.